The van der Waals surface area contributed by atoms with Crippen LogP contribution in [-0.4, -0.2) is 56.1 Å². The number of hydrogen-bond donors (Lipinski definition) is 2. The van der Waals surface area contributed by atoms with Gasteiger partial charge >= 0.3 is 12.1 Å². The summed E-state index contributed by atoms with van der Waals surface area (Å²) >= 11 is 0. The first-order valence-electron chi connectivity index (χ1n) is 8.91. The summed E-state index contributed by atoms with van der Waals surface area (Å²) in [6.07, 6.45) is 4.15. The van der Waals surface area contributed by atoms with Crippen LogP contribution in [-0.2, 0) is 23.8 Å². The average molecular weight is 361 g/mol. The molecule has 0 aromatic rings. The zero-order valence-corrected chi connectivity index (χ0v) is 15.1. The Hall–Kier alpha value is -1.67. The summed E-state index contributed by atoms with van der Waals surface area (Å²) in [7, 11) is 0. The van der Waals surface area contributed by atoms with Crippen molar-refractivity contribution >= 4 is 18.0 Å². The fraction of sp³-hybridized carbons (Fsp3) is 0.824. The van der Waals surface area contributed by atoms with Gasteiger partial charge in [-0.3, -0.25) is 14.9 Å². The van der Waals surface area contributed by atoms with Crippen molar-refractivity contribution < 1.29 is 33.7 Å². The van der Waals surface area contributed by atoms with Gasteiger partial charge in [-0.1, -0.05) is 19.8 Å². The first kappa shape index (κ1) is 23.3. The number of nitrogens with one attached hydrogen (secondary N) is 1. The van der Waals surface area contributed by atoms with Crippen LogP contribution >= 0.6 is 0 Å². The van der Waals surface area contributed by atoms with Gasteiger partial charge in [0.1, 0.15) is 6.61 Å². The second-order valence-electron chi connectivity index (χ2n) is 5.51. The van der Waals surface area contributed by atoms with Crippen LogP contribution in [0.1, 0.15) is 58.3 Å². The average Bonchev–Trinajstić information content (AvgIpc) is 2.59. The predicted molar refractivity (Wildman–Crippen MR) is 91.0 cm³/mol. The minimum atomic E-state index is -0.846. The molecule has 2 amide bonds. The Bertz CT molecular complexity index is 374. The molecule has 0 heterocycles. The van der Waals surface area contributed by atoms with Gasteiger partial charge in [0, 0.05) is 19.6 Å². The lowest BCUT2D eigenvalue weighted by molar-refractivity contribution is -0.145. The van der Waals surface area contributed by atoms with Gasteiger partial charge in [0.05, 0.1) is 19.6 Å². The highest BCUT2D eigenvalue weighted by Crippen LogP contribution is 2.01. The molecule has 146 valence electrons. The summed E-state index contributed by atoms with van der Waals surface area (Å²) in [4.78, 5) is 34.3. The number of aliphatic hydroxyl groups is 1. The number of alkyl carbamates (subject to hydrolysis) is 1. The van der Waals surface area contributed by atoms with E-state index < -0.39 is 18.0 Å². The number of imide groups is 1. The van der Waals surface area contributed by atoms with Crippen LogP contribution in [0.25, 0.3) is 0 Å². The fourth-order valence-corrected chi connectivity index (χ4v) is 1.80. The molecule has 8 heteroatoms. The van der Waals surface area contributed by atoms with Crippen molar-refractivity contribution in [3.05, 3.63) is 0 Å². The van der Waals surface area contributed by atoms with Crippen molar-refractivity contribution in [3.8, 4) is 0 Å². The Kier molecular flexibility index (Phi) is 16.0. The summed E-state index contributed by atoms with van der Waals surface area (Å²) < 4.78 is 15.0. The molecule has 0 aromatic heterocycles. The first-order valence-corrected chi connectivity index (χ1v) is 8.91. The minimum Gasteiger partial charge on any atom is -0.466 e. The van der Waals surface area contributed by atoms with Crippen LogP contribution in [0.2, 0.25) is 0 Å². The molecule has 0 fully saturated rings. The number of carbonyl (C=O) groups is 3. The second-order valence-corrected chi connectivity index (χ2v) is 5.51. The molecule has 0 unspecified atom stereocenters. The van der Waals surface area contributed by atoms with Crippen LogP contribution in [0.3, 0.4) is 0 Å². The monoisotopic (exact) mass is 361 g/mol. The van der Waals surface area contributed by atoms with E-state index >= 15 is 0 Å². The topological polar surface area (TPSA) is 111 Å². The number of amides is 2. The molecule has 0 bridgehead atoms. The molecule has 0 radical (unpaired) electrons. The van der Waals surface area contributed by atoms with Gasteiger partial charge < -0.3 is 19.3 Å². The van der Waals surface area contributed by atoms with Gasteiger partial charge in [0.15, 0.2) is 0 Å². The maximum atomic E-state index is 11.5. The van der Waals surface area contributed by atoms with Gasteiger partial charge in [0.2, 0.25) is 5.91 Å². The van der Waals surface area contributed by atoms with Gasteiger partial charge in [-0.25, -0.2) is 4.79 Å². The molecular weight excluding hydrogens is 330 g/mol. The van der Waals surface area contributed by atoms with Crippen molar-refractivity contribution in [2.75, 3.05) is 33.0 Å². The van der Waals surface area contributed by atoms with Crippen molar-refractivity contribution in [1.82, 2.24) is 5.32 Å². The standard InChI is InChI=1S/C17H31NO7/c1-2-3-11-23-13-14-25-17(22)18-15(20)8-9-16(21)24-12-7-5-4-6-10-19/h19H,2-14H2,1H3,(H,18,20,22). The van der Waals surface area contributed by atoms with Crippen molar-refractivity contribution in [2.24, 2.45) is 0 Å². The minimum absolute atomic E-state index is 0.0706. The number of hydrogen-bond acceptors (Lipinski definition) is 7. The van der Waals surface area contributed by atoms with Crippen molar-refractivity contribution in [3.63, 3.8) is 0 Å². The summed E-state index contributed by atoms with van der Waals surface area (Å²) in [5.41, 5.74) is 0. The van der Waals surface area contributed by atoms with E-state index in [2.05, 4.69) is 0 Å². The Morgan fingerprint density at radius 3 is 2.32 bits per heavy atom. The molecule has 0 spiro atoms. The first-order chi connectivity index (χ1) is 12.1. The quantitative estimate of drug-likeness (QED) is 0.339. The lowest BCUT2D eigenvalue weighted by Crippen LogP contribution is -2.32. The molecule has 0 atom stereocenters. The number of aliphatic hydroxyl groups excluding tert-OH is 1. The third-order valence-electron chi connectivity index (χ3n) is 3.22. The maximum Gasteiger partial charge on any atom is 0.413 e. The van der Waals surface area contributed by atoms with E-state index in [0.717, 1.165) is 38.5 Å². The van der Waals surface area contributed by atoms with Crippen LogP contribution in [0.4, 0.5) is 4.79 Å². The Balaban J connectivity index is 3.54. The maximum absolute atomic E-state index is 11.5. The molecule has 0 aromatic carbocycles. The molecule has 0 saturated heterocycles. The predicted octanol–water partition coefficient (Wildman–Crippen LogP) is 1.93. The second kappa shape index (κ2) is 17.2. The molecule has 0 aliphatic rings. The number of unbranched alkanes of at least 4 members (excludes halogenated alkanes) is 4. The summed E-state index contributed by atoms with van der Waals surface area (Å²) in [5.74, 6) is -1.06. The third-order valence-corrected chi connectivity index (χ3v) is 3.22. The zero-order valence-electron chi connectivity index (χ0n) is 15.1. The Morgan fingerprint density at radius 1 is 0.840 bits per heavy atom. The van der Waals surface area contributed by atoms with E-state index in [1.165, 1.54) is 0 Å². The largest absolute Gasteiger partial charge is 0.466 e. The number of rotatable bonds is 15. The highest BCUT2D eigenvalue weighted by molar-refractivity contribution is 5.93. The van der Waals surface area contributed by atoms with Crippen LogP contribution in [0, 0.1) is 0 Å². The highest BCUT2D eigenvalue weighted by Gasteiger charge is 2.11. The van der Waals surface area contributed by atoms with Gasteiger partial charge in [-0.05, 0) is 25.7 Å². The lowest BCUT2D eigenvalue weighted by atomic mass is 10.2. The van der Waals surface area contributed by atoms with E-state index in [0.29, 0.717) is 13.2 Å². The summed E-state index contributed by atoms with van der Waals surface area (Å²) in [6.45, 7) is 3.49. The summed E-state index contributed by atoms with van der Waals surface area (Å²) in [5, 5.41) is 10.7. The van der Waals surface area contributed by atoms with E-state index in [4.69, 9.17) is 19.3 Å². The Labute approximate surface area is 149 Å². The molecular formula is C17H31NO7. The molecule has 0 aliphatic carbocycles. The van der Waals surface area contributed by atoms with E-state index in [9.17, 15) is 14.4 Å². The Morgan fingerprint density at radius 2 is 1.60 bits per heavy atom. The SMILES string of the molecule is CCCCOCCOC(=O)NC(=O)CCC(=O)OCCCCCCO. The fourth-order valence-electron chi connectivity index (χ4n) is 1.80. The van der Waals surface area contributed by atoms with Crippen LogP contribution in [0.15, 0.2) is 0 Å². The van der Waals surface area contributed by atoms with Crippen molar-refractivity contribution in [1.29, 1.82) is 0 Å². The molecule has 0 saturated carbocycles. The molecule has 2 N–H and O–H groups in total. The molecule has 8 nitrogen and oxygen atoms in total. The number of carbonyl (C=O) groups excluding carboxylic acids is 3. The van der Waals surface area contributed by atoms with E-state index in [1.54, 1.807) is 0 Å². The zero-order chi connectivity index (χ0) is 18.8. The number of ether oxygens (including phenoxy) is 3. The van der Waals surface area contributed by atoms with Gasteiger partial charge in [-0.15, -0.1) is 0 Å². The summed E-state index contributed by atoms with van der Waals surface area (Å²) in [6, 6.07) is 0. The third kappa shape index (κ3) is 17.0. The van der Waals surface area contributed by atoms with E-state index in [1.807, 2.05) is 12.2 Å². The molecule has 0 aliphatic heterocycles. The smallest absolute Gasteiger partial charge is 0.413 e. The van der Waals surface area contributed by atoms with Gasteiger partial charge in [0.25, 0.3) is 0 Å². The molecule has 0 rings (SSSR count). The van der Waals surface area contributed by atoms with Crippen molar-refractivity contribution in [2.45, 2.75) is 58.3 Å². The molecule has 25 heavy (non-hydrogen) atoms. The van der Waals surface area contributed by atoms with Crippen LogP contribution in [0.5, 0.6) is 0 Å². The highest BCUT2D eigenvalue weighted by atomic mass is 16.6. The van der Waals surface area contributed by atoms with E-state index in [-0.39, 0.29) is 32.7 Å². The van der Waals surface area contributed by atoms with Crippen LogP contribution < -0.4 is 5.32 Å². The van der Waals surface area contributed by atoms with Gasteiger partial charge in [-0.2, -0.15) is 0 Å². The number of esters is 1. The normalized spacial score (nSPS) is 10.3. The lowest BCUT2D eigenvalue weighted by Gasteiger charge is -2.07.